The monoisotopic (exact) mass is 424 g/mol. The van der Waals surface area contributed by atoms with Gasteiger partial charge in [-0.05, 0) is 117 Å². The fourth-order valence-electron chi connectivity index (χ4n) is 10.3. The number of hydrogen-bond acceptors (Lipinski definition) is 2. The first-order valence-electron chi connectivity index (χ1n) is 13.6. The van der Waals surface area contributed by atoms with E-state index in [1.807, 2.05) is 0 Å². The number of fused-ring (bicyclic) bond motifs is 7. The minimum Gasteiger partial charge on any atom is -0.374 e. The first-order chi connectivity index (χ1) is 14.7. The first-order valence-corrected chi connectivity index (χ1v) is 13.6. The Balaban J connectivity index is 1.34. The Morgan fingerprint density at radius 2 is 1.74 bits per heavy atom. The molecule has 0 N–H and O–H groups in total. The van der Waals surface area contributed by atoms with Crippen molar-refractivity contribution in [3.63, 3.8) is 0 Å². The van der Waals surface area contributed by atoms with Gasteiger partial charge in [0, 0.05) is 12.0 Å². The molecule has 0 unspecified atom stereocenters. The van der Waals surface area contributed by atoms with E-state index in [-0.39, 0.29) is 11.0 Å². The normalized spacial score (nSPS) is 58.4. The fraction of sp³-hybridized carbons (Fsp3) is 0.897. The molecule has 1 heterocycles. The molecule has 0 aromatic rings. The molecule has 1 aliphatic heterocycles. The number of hydrogen-bond donors (Lipinski definition) is 0. The molecule has 0 amide bonds. The molecular formula is C29H44O2. The van der Waals surface area contributed by atoms with Gasteiger partial charge in [0.2, 0.25) is 0 Å². The van der Waals surface area contributed by atoms with Gasteiger partial charge in [0.05, 0.1) is 5.60 Å². The maximum atomic E-state index is 14.0. The van der Waals surface area contributed by atoms with Gasteiger partial charge in [-0.3, -0.25) is 4.79 Å². The first kappa shape index (κ1) is 20.9. The van der Waals surface area contributed by atoms with Gasteiger partial charge in [0.15, 0.2) is 5.78 Å². The van der Waals surface area contributed by atoms with Crippen molar-refractivity contribution >= 4 is 5.78 Å². The van der Waals surface area contributed by atoms with E-state index in [4.69, 9.17) is 4.74 Å². The average molecular weight is 425 g/mol. The highest BCUT2D eigenvalue weighted by Crippen LogP contribution is 2.71. The van der Waals surface area contributed by atoms with Gasteiger partial charge in [-0.15, -0.1) is 0 Å². The molecule has 5 aliphatic carbocycles. The van der Waals surface area contributed by atoms with Crippen LogP contribution in [-0.4, -0.2) is 18.0 Å². The molecular weight excluding hydrogens is 380 g/mol. The predicted octanol–water partition coefficient (Wildman–Crippen LogP) is 6.83. The number of carbonyl (C=O) groups is 1. The van der Waals surface area contributed by atoms with Crippen LogP contribution in [0.25, 0.3) is 0 Å². The van der Waals surface area contributed by atoms with E-state index >= 15 is 0 Å². The molecule has 6 aliphatic rings. The zero-order valence-corrected chi connectivity index (χ0v) is 20.6. The van der Waals surface area contributed by atoms with Crippen LogP contribution in [-0.2, 0) is 9.53 Å². The van der Waals surface area contributed by atoms with Crippen LogP contribution in [0.4, 0.5) is 0 Å². The largest absolute Gasteiger partial charge is 0.374 e. The third kappa shape index (κ3) is 2.64. The molecule has 0 radical (unpaired) electrons. The lowest BCUT2D eigenvalue weighted by atomic mass is 9.47. The van der Waals surface area contributed by atoms with Crippen LogP contribution in [0.3, 0.4) is 0 Å². The molecule has 172 valence electrons. The van der Waals surface area contributed by atoms with Crippen molar-refractivity contribution in [2.75, 3.05) is 6.61 Å². The van der Waals surface area contributed by atoms with E-state index in [1.165, 1.54) is 57.8 Å². The lowest BCUT2D eigenvalue weighted by Crippen LogP contribution is -2.53. The zero-order valence-electron chi connectivity index (χ0n) is 20.6. The van der Waals surface area contributed by atoms with Gasteiger partial charge in [-0.2, -0.15) is 0 Å². The summed E-state index contributed by atoms with van der Waals surface area (Å²) in [5, 5.41) is 0. The Bertz CT molecular complexity index is 804. The predicted molar refractivity (Wildman–Crippen MR) is 124 cm³/mol. The fourth-order valence-corrected chi connectivity index (χ4v) is 10.3. The van der Waals surface area contributed by atoms with E-state index in [0.29, 0.717) is 46.7 Å². The minimum absolute atomic E-state index is 0.0588. The van der Waals surface area contributed by atoms with Crippen molar-refractivity contribution in [1.82, 2.24) is 0 Å². The van der Waals surface area contributed by atoms with Gasteiger partial charge < -0.3 is 4.74 Å². The molecule has 11 atom stereocenters. The molecule has 1 saturated heterocycles. The van der Waals surface area contributed by atoms with Gasteiger partial charge in [-0.1, -0.05) is 40.2 Å². The second-order valence-corrected chi connectivity index (χ2v) is 13.6. The van der Waals surface area contributed by atoms with Crippen LogP contribution in [0.5, 0.6) is 0 Å². The van der Waals surface area contributed by atoms with Gasteiger partial charge in [-0.25, -0.2) is 0 Å². The molecule has 4 saturated carbocycles. The van der Waals surface area contributed by atoms with E-state index in [1.54, 1.807) is 5.57 Å². The second kappa shape index (κ2) is 6.71. The van der Waals surface area contributed by atoms with Crippen molar-refractivity contribution in [1.29, 1.82) is 0 Å². The van der Waals surface area contributed by atoms with Gasteiger partial charge >= 0.3 is 0 Å². The Labute approximate surface area is 190 Å². The topological polar surface area (TPSA) is 26.3 Å². The van der Waals surface area contributed by atoms with Crippen molar-refractivity contribution in [2.24, 2.45) is 58.2 Å². The van der Waals surface area contributed by atoms with E-state index in [0.717, 1.165) is 18.4 Å². The van der Waals surface area contributed by atoms with Gasteiger partial charge in [0.25, 0.3) is 0 Å². The van der Waals surface area contributed by atoms with Crippen LogP contribution in [0.2, 0.25) is 0 Å². The number of rotatable bonds is 0. The summed E-state index contributed by atoms with van der Waals surface area (Å²) in [6.45, 7) is 13.0. The smallest absolute Gasteiger partial charge is 0.162 e. The van der Waals surface area contributed by atoms with Crippen molar-refractivity contribution in [3.05, 3.63) is 11.6 Å². The highest BCUT2D eigenvalue weighted by atomic mass is 16.5. The third-order valence-electron chi connectivity index (χ3n) is 12.2. The van der Waals surface area contributed by atoms with Gasteiger partial charge in [0.1, 0.15) is 0 Å². The number of ether oxygens (including phenoxy) is 1. The zero-order chi connectivity index (χ0) is 21.8. The van der Waals surface area contributed by atoms with Crippen LogP contribution in [0.1, 0.15) is 92.4 Å². The summed E-state index contributed by atoms with van der Waals surface area (Å²) in [4.78, 5) is 14.0. The highest BCUT2D eigenvalue weighted by Gasteiger charge is 2.69. The minimum atomic E-state index is -0.153. The van der Waals surface area contributed by atoms with E-state index in [2.05, 4.69) is 40.7 Å². The SMILES string of the molecule is C[C@@H]1CC[C@]2(C[C@H]3C[C@H]4[C@@H]5CC[C@H]6C[C@@H](C)CC[C@]6(C)C5=CC(=O)[C@]4(C)[C@H]3[C@@H]2C)OC1. The lowest BCUT2D eigenvalue weighted by Gasteiger charge is -2.57. The van der Waals surface area contributed by atoms with E-state index in [9.17, 15) is 4.79 Å². The molecule has 1 spiro atoms. The van der Waals surface area contributed by atoms with E-state index < -0.39 is 0 Å². The summed E-state index contributed by atoms with van der Waals surface area (Å²) >= 11 is 0. The molecule has 0 aromatic heterocycles. The Kier molecular flexibility index (Phi) is 4.53. The molecule has 2 heteroatoms. The molecule has 31 heavy (non-hydrogen) atoms. The summed E-state index contributed by atoms with van der Waals surface area (Å²) in [7, 11) is 0. The number of allylic oxidation sites excluding steroid dienone is 2. The quantitative estimate of drug-likeness (QED) is 0.426. The molecule has 0 aromatic carbocycles. The summed E-state index contributed by atoms with van der Waals surface area (Å²) in [5.41, 5.74) is 1.79. The summed E-state index contributed by atoms with van der Waals surface area (Å²) in [6, 6.07) is 0. The summed E-state index contributed by atoms with van der Waals surface area (Å²) in [5.74, 6) is 5.81. The van der Waals surface area contributed by atoms with Crippen LogP contribution in [0, 0.1) is 58.2 Å². The number of ketones is 1. The third-order valence-corrected chi connectivity index (χ3v) is 12.2. The molecule has 5 fully saturated rings. The van der Waals surface area contributed by atoms with Crippen molar-refractivity contribution < 1.29 is 9.53 Å². The Hall–Kier alpha value is -0.630. The Morgan fingerprint density at radius 1 is 0.968 bits per heavy atom. The van der Waals surface area contributed by atoms with Crippen LogP contribution >= 0.6 is 0 Å². The lowest BCUT2D eigenvalue weighted by molar-refractivity contribution is -0.144. The molecule has 6 rings (SSSR count). The maximum Gasteiger partial charge on any atom is 0.162 e. The molecule has 2 nitrogen and oxygen atoms in total. The Morgan fingerprint density at radius 3 is 2.48 bits per heavy atom. The average Bonchev–Trinajstić information content (AvgIpc) is 3.18. The standard InChI is InChI=1S/C29H44O2/c1-17-8-10-27(4)21(12-17)6-7-22-23(27)14-25(30)28(5)24(22)13-20-15-29(19(3)26(20)28)11-9-18(2)16-31-29/h14,17-22,24,26H,6-13,15-16H2,1-5H3/t17-,18+,19-,20+,21-,22+,24-,26-,27-,28+,29+/m0/s1. The van der Waals surface area contributed by atoms with Crippen molar-refractivity contribution in [3.8, 4) is 0 Å². The van der Waals surface area contributed by atoms with Crippen LogP contribution in [0.15, 0.2) is 11.6 Å². The number of carbonyl (C=O) groups excluding carboxylic acids is 1. The maximum absolute atomic E-state index is 14.0. The second-order valence-electron chi connectivity index (χ2n) is 13.6. The summed E-state index contributed by atoms with van der Waals surface area (Å²) in [6.07, 6.45) is 14.0. The summed E-state index contributed by atoms with van der Waals surface area (Å²) < 4.78 is 6.62. The van der Waals surface area contributed by atoms with Crippen molar-refractivity contribution in [2.45, 2.75) is 98.0 Å². The molecule has 0 bridgehead atoms. The van der Waals surface area contributed by atoms with Crippen LogP contribution < -0.4 is 0 Å². The highest BCUT2D eigenvalue weighted by molar-refractivity contribution is 5.97.